The third-order valence-corrected chi connectivity index (χ3v) is 3.53. The van der Waals surface area contributed by atoms with Crippen LogP contribution in [-0.2, 0) is 9.59 Å². The maximum atomic E-state index is 13.4. The topological polar surface area (TPSA) is 66.4 Å². The van der Waals surface area contributed by atoms with Crippen molar-refractivity contribution in [2.75, 3.05) is 5.32 Å². The molecule has 0 aliphatic carbocycles. The molecule has 1 amide bonds. The van der Waals surface area contributed by atoms with E-state index in [-0.39, 0.29) is 24.9 Å². The fraction of sp³-hybridized carbons (Fsp3) is 0.429. The molecule has 1 aromatic rings. The highest BCUT2D eigenvalue weighted by molar-refractivity contribution is 5.94. The van der Waals surface area contributed by atoms with Crippen molar-refractivity contribution < 1.29 is 23.5 Å². The summed E-state index contributed by atoms with van der Waals surface area (Å²) in [4.78, 5) is 23.1. The molecule has 110 valence electrons. The molecule has 0 fully saturated rings. The Morgan fingerprint density at radius 1 is 1.25 bits per heavy atom. The Morgan fingerprint density at radius 3 is 2.35 bits per heavy atom. The lowest BCUT2D eigenvalue weighted by Crippen LogP contribution is -2.34. The number of carboxylic acids is 1. The van der Waals surface area contributed by atoms with E-state index < -0.39 is 28.9 Å². The summed E-state index contributed by atoms with van der Waals surface area (Å²) >= 11 is 0. The summed E-state index contributed by atoms with van der Waals surface area (Å²) in [5.74, 6) is -3.95. The van der Waals surface area contributed by atoms with Crippen molar-refractivity contribution in [3.63, 3.8) is 0 Å². The van der Waals surface area contributed by atoms with Gasteiger partial charge in [-0.25, -0.2) is 8.78 Å². The van der Waals surface area contributed by atoms with Crippen molar-refractivity contribution in [2.45, 2.75) is 33.1 Å². The molecule has 0 unspecified atom stereocenters. The Hall–Kier alpha value is -1.98. The smallest absolute Gasteiger partial charge is 0.310 e. The summed E-state index contributed by atoms with van der Waals surface area (Å²) in [7, 11) is 0. The van der Waals surface area contributed by atoms with Gasteiger partial charge >= 0.3 is 5.97 Å². The van der Waals surface area contributed by atoms with E-state index in [1.54, 1.807) is 13.8 Å². The highest BCUT2D eigenvalue weighted by atomic mass is 19.2. The summed E-state index contributed by atoms with van der Waals surface area (Å²) in [5.41, 5.74) is -1.48. The average Bonchev–Trinajstić information content (AvgIpc) is 2.41. The molecular weight excluding hydrogens is 268 g/mol. The van der Waals surface area contributed by atoms with Crippen LogP contribution in [-0.4, -0.2) is 17.0 Å². The minimum absolute atomic E-state index is 0.276. The number of rotatable bonds is 6. The Balaban J connectivity index is 2.86. The van der Waals surface area contributed by atoms with E-state index in [4.69, 9.17) is 0 Å². The lowest BCUT2D eigenvalue weighted by molar-refractivity contribution is -0.151. The SMILES string of the molecule is CCC(CC)(CC(=O)Nc1cccc(F)c1F)C(=O)O. The molecule has 0 radical (unpaired) electrons. The Morgan fingerprint density at radius 2 is 1.85 bits per heavy atom. The number of anilines is 1. The molecule has 0 spiro atoms. The lowest BCUT2D eigenvalue weighted by atomic mass is 9.79. The number of halogens is 2. The molecule has 1 aromatic carbocycles. The fourth-order valence-corrected chi connectivity index (χ4v) is 1.98. The van der Waals surface area contributed by atoms with Gasteiger partial charge in [0, 0.05) is 6.42 Å². The second-order valence-corrected chi connectivity index (χ2v) is 4.62. The van der Waals surface area contributed by atoms with Gasteiger partial charge in [0.05, 0.1) is 11.1 Å². The number of carboxylic acid groups (broad SMARTS) is 1. The number of amides is 1. The highest BCUT2D eigenvalue weighted by Crippen LogP contribution is 2.31. The van der Waals surface area contributed by atoms with Crippen LogP contribution in [0.5, 0.6) is 0 Å². The predicted octanol–water partition coefficient (Wildman–Crippen LogP) is 3.18. The summed E-state index contributed by atoms with van der Waals surface area (Å²) in [6.07, 6.45) is 0.265. The predicted molar refractivity (Wildman–Crippen MR) is 70.3 cm³/mol. The molecule has 0 aliphatic heterocycles. The summed E-state index contributed by atoms with van der Waals surface area (Å²) in [6.45, 7) is 3.35. The third-order valence-electron chi connectivity index (χ3n) is 3.53. The number of nitrogens with one attached hydrogen (secondary N) is 1. The van der Waals surface area contributed by atoms with Crippen molar-refractivity contribution in [1.82, 2.24) is 0 Å². The second kappa shape index (κ2) is 6.45. The zero-order valence-corrected chi connectivity index (χ0v) is 11.4. The molecular formula is C14H17F2NO3. The number of aliphatic carboxylic acids is 1. The maximum absolute atomic E-state index is 13.4. The monoisotopic (exact) mass is 285 g/mol. The van der Waals surface area contributed by atoms with E-state index in [2.05, 4.69) is 5.32 Å². The molecule has 0 aromatic heterocycles. The van der Waals surface area contributed by atoms with Crippen molar-refractivity contribution in [3.05, 3.63) is 29.8 Å². The van der Waals surface area contributed by atoms with E-state index in [0.717, 1.165) is 6.07 Å². The van der Waals surface area contributed by atoms with Crippen LogP contribution in [0.1, 0.15) is 33.1 Å². The number of carbonyl (C=O) groups excluding carboxylic acids is 1. The first-order chi connectivity index (χ1) is 9.36. The van der Waals surface area contributed by atoms with E-state index in [1.165, 1.54) is 12.1 Å². The zero-order valence-electron chi connectivity index (χ0n) is 11.4. The van der Waals surface area contributed by atoms with Crippen LogP contribution in [0, 0.1) is 17.0 Å². The molecule has 6 heteroatoms. The van der Waals surface area contributed by atoms with Crippen LogP contribution in [0.2, 0.25) is 0 Å². The Labute approximate surface area is 115 Å². The number of hydrogen-bond donors (Lipinski definition) is 2. The highest BCUT2D eigenvalue weighted by Gasteiger charge is 2.37. The van der Waals surface area contributed by atoms with Gasteiger partial charge in [0.25, 0.3) is 0 Å². The molecule has 0 saturated carbocycles. The van der Waals surface area contributed by atoms with Gasteiger partial charge in [0.15, 0.2) is 11.6 Å². The lowest BCUT2D eigenvalue weighted by Gasteiger charge is -2.25. The largest absolute Gasteiger partial charge is 0.481 e. The Bertz CT molecular complexity index is 513. The fourth-order valence-electron chi connectivity index (χ4n) is 1.98. The average molecular weight is 285 g/mol. The van der Waals surface area contributed by atoms with Gasteiger partial charge in [0.2, 0.25) is 5.91 Å². The van der Waals surface area contributed by atoms with Gasteiger partial charge < -0.3 is 10.4 Å². The minimum atomic E-state index is -1.19. The molecule has 4 nitrogen and oxygen atoms in total. The summed E-state index contributed by atoms with van der Waals surface area (Å²) in [5, 5.41) is 11.4. The summed E-state index contributed by atoms with van der Waals surface area (Å²) in [6, 6.07) is 3.42. The zero-order chi connectivity index (χ0) is 15.3. The molecule has 0 aliphatic rings. The quantitative estimate of drug-likeness (QED) is 0.843. The minimum Gasteiger partial charge on any atom is -0.481 e. The van der Waals surface area contributed by atoms with E-state index in [0.29, 0.717) is 0 Å². The van der Waals surface area contributed by atoms with Gasteiger partial charge in [0.1, 0.15) is 0 Å². The second-order valence-electron chi connectivity index (χ2n) is 4.62. The van der Waals surface area contributed by atoms with Gasteiger partial charge in [-0.2, -0.15) is 0 Å². The van der Waals surface area contributed by atoms with Gasteiger partial charge in [-0.1, -0.05) is 19.9 Å². The number of carbonyl (C=O) groups is 2. The standard InChI is InChI=1S/C14H17F2NO3/c1-3-14(4-2,13(19)20)8-11(18)17-10-7-5-6-9(15)12(10)16/h5-7H,3-4,8H2,1-2H3,(H,17,18)(H,19,20). The molecule has 1 rings (SSSR count). The molecule has 0 atom stereocenters. The molecule has 20 heavy (non-hydrogen) atoms. The molecule has 0 saturated heterocycles. The first-order valence-electron chi connectivity index (χ1n) is 6.33. The number of hydrogen-bond acceptors (Lipinski definition) is 2. The normalized spacial score (nSPS) is 11.2. The van der Waals surface area contributed by atoms with Crippen LogP contribution in [0.3, 0.4) is 0 Å². The molecule has 0 bridgehead atoms. The Kier molecular flexibility index (Phi) is 5.19. The van der Waals surface area contributed by atoms with Crippen molar-refractivity contribution in [3.8, 4) is 0 Å². The van der Waals surface area contributed by atoms with Crippen LogP contribution in [0.4, 0.5) is 14.5 Å². The summed E-state index contributed by atoms with van der Waals surface area (Å²) < 4.78 is 26.4. The van der Waals surface area contributed by atoms with E-state index >= 15 is 0 Å². The van der Waals surface area contributed by atoms with E-state index in [1.807, 2.05) is 0 Å². The van der Waals surface area contributed by atoms with Crippen LogP contribution >= 0.6 is 0 Å². The van der Waals surface area contributed by atoms with Crippen molar-refractivity contribution in [1.29, 1.82) is 0 Å². The van der Waals surface area contributed by atoms with Crippen LogP contribution in [0.25, 0.3) is 0 Å². The van der Waals surface area contributed by atoms with Gasteiger partial charge in [-0.15, -0.1) is 0 Å². The van der Waals surface area contributed by atoms with Crippen molar-refractivity contribution in [2.24, 2.45) is 5.41 Å². The van der Waals surface area contributed by atoms with E-state index in [9.17, 15) is 23.5 Å². The first kappa shape index (κ1) is 16.1. The molecule has 2 N–H and O–H groups in total. The maximum Gasteiger partial charge on any atom is 0.310 e. The van der Waals surface area contributed by atoms with Crippen LogP contribution < -0.4 is 5.32 Å². The first-order valence-corrected chi connectivity index (χ1v) is 6.33. The van der Waals surface area contributed by atoms with Gasteiger partial charge in [-0.05, 0) is 25.0 Å². The van der Waals surface area contributed by atoms with Crippen molar-refractivity contribution >= 4 is 17.6 Å². The van der Waals surface area contributed by atoms with Gasteiger partial charge in [-0.3, -0.25) is 9.59 Å². The number of benzene rings is 1. The third kappa shape index (κ3) is 3.31. The molecule has 0 heterocycles. The van der Waals surface area contributed by atoms with Crippen LogP contribution in [0.15, 0.2) is 18.2 Å².